The number of anilines is 1. The van der Waals surface area contributed by atoms with Crippen molar-refractivity contribution in [3.63, 3.8) is 0 Å². The molecule has 0 radical (unpaired) electrons. The third-order valence-electron chi connectivity index (χ3n) is 4.22. The van der Waals surface area contributed by atoms with E-state index in [2.05, 4.69) is 15.4 Å². The van der Waals surface area contributed by atoms with E-state index in [0.29, 0.717) is 4.88 Å². The fourth-order valence-electron chi connectivity index (χ4n) is 2.82. The largest absolute Gasteiger partial charge is 0.451 e. The van der Waals surface area contributed by atoms with E-state index in [1.165, 1.54) is 28.7 Å². The number of alkyl halides is 3. The second-order valence-corrected chi connectivity index (χ2v) is 7.43. The van der Waals surface area contributed by atoms with Crippen LogP contribution < -0.4 is 5.32 Å². The van der Waals surface area contributed by atoms with Gasteiger partial charge in [-0.05, 0) is 35.7 Å². The molecule has 4 rings (SSSR count). The lowest BCUT2D eigenvalue weighted by atomic mass is 10.1. The van der Waals surface area contributed by atoms with Crippen LogP contribution in [0.5, 0.6) is 0 Å². The van der Waals surface area contributed by atoms with Crippen LogP contribution in [0.3, 0.4) is 0 Å². The van der Waals surface area contributed by atoms with E-state index in [1.807, 2.05) is 24.3 Å². The SMILES string of the molecule is O=C(COC(=O)c1cc2ccccc2s1)Nc1cc(C(F)(F)F)ccc1-n1cncn1. The molecule has 4 aromatic rings. The zero-order chi connectivity index (χ0) is 22.0. The van der Waals surface area contributed by atoms with Crippen LogP contribution >= 0.6 is 11.3 Å². The van der Waals surface area contributed by atoms with E-state index in [0.717, 1.165) is 28.3 Å². The van der Waals surface area contributed by atoms with Gasteiger partial charge in [-0.1, -0.05) is 18.2 Å². The highest BCUT2D eigenvalue weighted by Crippen LogP contribution is 2.33. The lowest BCUT2D eigenvalue weighted by Gasteiger charge is -2.14. The summed E-state index contributed by atoms with van der Waals surface area (Å²) < 4.78 is 46.4. The lowest BCUT2D eigenvalue weighted by Crippen LogP contribution is -2.22. The molecular formula is C20H13F3N4O3S. The van der Waals surface area contributed by atoms with E-state index < -0.39 is 30.2 Å². The molecule has 0 aliphatic heterocycles. The minimum absolute atomic E-state index is 0.150. The van der Waals surface area contributed by atoms with Gasteiger partial charge in [0.05, 0.1) is 16.9 Å². The second-order valence-electron chi connectivity index (χ2n) is 6.34. The number of thiophene rings is 1. The van der Waals surface area contributed by atoms with Crippen molar-refractivity contribution >= 4 is 39.0 Å². The maximum atomic E-state index is 13.1. The van der Waals surface area contributed by atoms with Gasteiger partial charge in [0.15, 0.2) is 6.61 Å². The molecule has 1 amide bonds. The fourth-order valence-corrected chi connectivity index (χ4v) is 3.77. The van der Waals surface area contributed by atoms with E-state index in [9.17, 15) is 22.8 Å². The van der Waals surface area contributed by atoms with Crippen LogP contribution in [-0.4, -0.2) is 33.2 Å². The molecule has 0 aliphatic carbocycles. The predicted octanol–water partition coefficient (Wildman–Crippen LogP) is 4.30. The highest BCUT2D eigenvalue weighted by atomic mass is 32.1. The average molecular weight is 446 g/mol. The van der Waals surface area contributed by atoms with Crippen molar-refractivity contribution in [3.8, 4) is 5.69 Å². The number of benzene rings is 2. The monoisotopic (exact) mass is 446 g/mol. The summed E-state index contributed by atoms with van der Waals surface area (Å²) in [7, 11) is 0. The summed E-state index contributed by atoms with van der Waals surface area (Å²) in [6, 6.07) is 11.8. The van der Waals surface area contributed by atoms with Crippen LogP contribution in [0.25, 0.3) is 15.8 Å². The summed E-state index contributed by atoms with van der Waals surface area (Å²) in [5, 5.41) is 7.08. The number of hydrogen-bond acceptors (Lipinski definition) is 6. The molecule has 7 nitrogen and oxygen atoms in total. The Bertz CT molecular complexity index is 1220. The van der Waals surface area contributed by atoms with Crippen LogP contribution in [0.2, 0.25) is 0 Å². The Labute approximate surface area is 177 Å². The van der Waals surface area contributed by atoms with Crippen molar-refractivity contribution in [2.45, 2.75) is 6.18 Å². The number of carbonyl (C=O) groups is 2. The summed E-state index contributed by atoms with van der Waals surface area (Å²) in [5.74, 6) is -1.49. The van der Waals surface area contributed by atoms with E-state index >= 15 is 0 Å². The van der Waals surface area contributed by atoms with Gasteiger partial charge in [0.25, 0.3) is 5.91 Å². The molecule has 11 heteroatoms. The number of hydrogen-bond donors (Lipinski definition) is 1. The zero-order valence-electron chi connectivity index (χ0n) is 15.6. The topological polar surface area (TPSA) is 86.1 Å². The molecule has 0 spiro atoms. The molecule has 0 fully saturated rings. The molecule has 0 aliphatic rings. The van der Waals surface area contributed by atoms with Crippen molar-refractivity contribution in [2.75, 3.05) is 11.9 Å². The van der Waals surface area contributed by atoms with Gasteiger partial charge in [-0.3, -0.25) is 4.79 Å². The van der Waals surface area contributed by atoms with Crippen molar-refractivity contribution in [1.82, 2.24) is 14.8 Å². The Kier molecular flexibility index (Phi) is 5.42. The third-order valence-corrected chi connectivity index (χ3v) is 5.32. The van der Waals surface area contributed by atoms with Crippen molar-refractivity contribution in [3.05, 3.63) is 71.6 Å². The summed E-state index contributed by atoms with van der Waals surface area (Å²) >= 11 is 1.22. The van der Waals surface area contributed by atoms with Crippen molar-refractivity contribution in [2.24, 2.45) is 0 Å². The number of esters is 1. The Morgan fingerprint density at radius 1 is 1.13 bits per heavy atom. The summed E-state index contributed by atoms with van der Waals surface area (Å²) in [6.45, 7) is -0.667. The number of halogens is 3. The Balaban J connectivity index is 1.49. The van der Waals surface area contributed by atoms with Gasteiger partial charge in [0.2, 0.25) is 0 Å². The fraction of sp³-hybridized carbons (Fsp3) is 0.100. The Hall–Kier alpha value is -3.73. The molecule has 0 saturated heterocycles. The average Bonchev–Trinajstić information content (AvgIpc) is 3.41. The van der Waals surface area contributed by atoms with Gasteiger partial charge >= 0.3 is 12.1 Å². The van der Waals surface area contributed by atoms with Gasteiger partial charge in [0, 0.05) is 4.70 Å². The number of carbonyl (C=O) groups excluding carboxylic acids is 2. The molecule has 2 heterocycles. The van der Waals surface area contributed by atoms with Gasteiger partial charge in [-0.25, -0.2) is 14.5 Å². The van der Waals surface area contributed by atoms with Gasteiger partial charge in [-0.2, -0.15) is 18.3 Å². The van der Waals surface area contributed by atoms with Crippen LogP contribution in [0.4, 0.5) is 18.9 Å². The molecule has 0 unspecified atom stereocenters. The van der Waals surface area contributed by atoms with Crippen LogP contribution in [0.15, 0.2) is 61.2 Å². The first-order chi connectivity index (χ1) is 14.8. The summed E-state index contributed by atoms with van der Waals surface area (Å²) in [4.78, 5) is 28.6. The first kappa shape index (κ1) is 20.5. The highest BCUT2D eigenvalue weighted by Gasteiger charge is 2.31. The first-order valence-corrected chi connectivity index (χ1v) is 9.65. The Morgan fingerprint density at radius 3 is 2.65 bits per heavy atom. The third kappa shape index (κ3) is 4.56. The van der Waals surface area contributed by atoms with Gasteiger partial charge in [0.1, 0.15) is 17.5 Å². The number of rotatable bonds is 5. The summed E-state index contributed by atoms with van der Waals surface area (Å²) in [6.07, 6.45) is -2.12. The van der Waals surface area contributed by atoms with Gasteiger partial charge in [-0.15, -0.1) is 11.3 Å². The second kappa shape index (κ2) is 8.19. The molecule has 0 atom stereocenters. The number of amides is 1. The van der Waals surface area contributed by atoms with Crippen molar-refractivity contribution in [1.29, 1.82) is 0 Å². The maximum absolute atomic E-state index is 13.1. The number of fused-ring (bicyclic) bond motifs is 1. The number of nitrogens with one attached hydrogen (secondary N) is 1. The van der Waals surface area contributed by atoms with Crippen LogP contribution in [0, 0.1) is 0 Å². The molecule has 158 valence electrons. The normalized spacial score (nSPS) is 11.5. The van der Waals surface area contributed by atoms with Gasteiger partial charge < -0.3 is 10.1 Å². The van der Waals surface area contributed by atoms with E-state index in [4.69, 9.17) is 4.74 Å². The van der Waals surface area contributed by atoms with Crippen LogP contribution in [0.1, 0.15) is 15.2 Å². The number of nitrogens with zero attached hydrogens (tertiary/aromatic N) is 3. The molecule has 0 saturated carbocycles. The number of ether oxygens (including phenoxy) is 1. The van der Waals surface area contributed by atoms with Crippen molar-refractivity contribution < 1.29 is 27.5 Å². The first-order valence-electron chi connectivity index (χ1n) is 8.83. The van der Waals surface area contributed by atoms with E-state index in [1.54, 1.807) is 6.07 Å². The summed E-state index contributed by atoms with van der Waals surface area (Å²) in [5.41, 5.74) is -0.924. The molecule has 0 bridgehead atoms. The molecular weight excluding hydrogens is 433 g/mol. The Morgan fingerprint density at radius 2 is 1.94 bits per heavy atom. The smallest absolute Gasteiger partial charge is 0.416 e. The maximum Gasteiger partial charge on any atom is 0.416 e. The van der Waals surface area contributed by atoms with Crippen LogP contribution in [-0.2, 0) is 15.7 Å². The highest BCUT2D eigenvalue weighted by molar-refractivity contribution is 7.20. The molecule has 2 aromatic heterocycles. The molecule has 2 aromatic carbocycles. The predicted molar refractivity (Wildman–Crippen MR) is 107 cm³/mol. The minimum Gasteiger partial charge on any atom is -0.451 e. The number of aromatic nitrogens is 3. The molecule has 31 heavy (non-hydrogen) atoms. The molecule has 1 N–H and O–H groups in total. The lowest BCUT2D eigenvalue weighted by molar-refractivity contribution is -0.137. The van der Waals surface area contributed by atoms with E-state index in [-0.39, 0.29) is 11.4 Å². The standard InChI is InChI=1S/C20H13F3N4O3S/c21-20(22,23)13-5-6-15(27-11-24-10-25-27)14(8-13)26-18(28)9-30-19(29)17-7-12-3-1-2-4-16(12)31-17/h1-8,10-11H,9H2,(H,26,28). The minimum atomic E-state index is -4.60. The zero-order valence-corrected chi connectivity index (χ0v) is 16.4. The quantitative estimate of drug-likeness (QED) is 0.462.